The van der Waals surface area contributed by atoms with Crippen molar-refractivity contribution < 1.29 is 19.1 Å². The lowest BCUT2D eigenvalue weighted by Gasteiger charge is -2.42. The monoisotopic (exact) mass is 325 g/mol. The molecule has 132 valence electrons. The minimum absolute atomic E-state index is 0.00566. The lowest BCUT2D eigenvalue weighted by molar-refractivity contribution is -0.166. The summed E-state index contributed by atoms with van der Waals surface area (Å²) in [7, 11) is 0. The van der Waals surface area contributed by atoms with E-state index in [0.29, 0.717) is 5.92 Å². The predicted octanol–water partition coefficient (Wildman–Crippen LogP) is 3.66. The van der Waals surface area contributed by atoms with Gasteiger partial charge in [0.25, 0.3) is 0 Å². The van der Waals surface area contributed by atoms with E-state index in [1.54, 1.807) is 27.7 Å². The fraction of sp³-hybridized carbons (Fsp3) is 0.889. The quantitative estimate of drug-likeness (QED) is 0.804. The first-order valence-electron chi connectivity index (χ1n) is 8.55. The molecule has 1 amide bonds. The SMILES string of the molecule is C[C@@H](NC(=O)OC(C)(C)C)C(=O)OC1C2(C)CCC(C2)C1(C)C. The zero-order chi connectivity index (χ0) is 17.6. The van der Waals surface area contributed by atoms with Gasteiger partial charge in [0.2, 0.25) is 0 Å². The first-order chi connectivity index (χ1) is 10.3. The summed E-state index contributed by atoms with van der Waals surface area (Å²) in [6, 6.07) is -0.719. The number of amides is 1. The molecule has 2 saturated carbocycles. The molecule has 2 bridgehead atoms. The second-order valence-electron chi connectivity index (χ2n) is 9.10. The highest BCUT2D eigenvalue weighted by Crippen LogP contribution is 2.63. The van der Waals surface area contributed by atoms with E-state index in [-0.39, 0.29) is 22.9 Å². The highest BCUT2D eigenvalue weighted by Gasteiger charge is 2.61. The molecule has 2 fully saturated rings. The number of carbonyl (C=O) groups is 2. The van der Waals surface area contributed by atoms with E-state index in [9.17, 15) is 9.59 Å². The van der Waals surface area contributed by atoms with Gasteiger partial charge < -0.3 is 14.8 Å². The number of esters is 1. The zero-order valence-corrected chi connectivity index (χ0v) is 15.5. The number of fused-ring (bicyclic) bond motifs is 2. The number of nitrogens with one attached hydrogen (secondary N) is 1. The van der Waals surface area contributed by atoms with E-state index in [1.165, 1.54) is 6.42 Å². The third-order valence-corrected chi connectivity index (χ3v) is 5.46. The standard InChI is InChI=1S/C18H31NO4/c1-11(19-15(21)23-16(2,3)4)13(20)22-14-17(5,6)12-8-9-18(14,7)10-12/h11-12,14H,8-10H2,1-7H3,(H,19,21)/t11-,12?,14?,18?/m1/s1. The normalized spacial score (nSPS) is 33.2. The summed E-state index contributed by atoms with van der Waals surface area (Å²) in [6.07, 6.45) is 2.74. The molecule has 5 nitrogen and oxygen atoms in total. The van der Waals surface area contributed by atoms with E-state index >= 15 is 0 Å². The van der Waals surface area contributed by atoms with Crippen molar-refractivity contribution >= 4 is 12.1 Å². The van der Waals surface area contributed by atoms with Gasteiger partial charge >= 0.3 is 12.1 Å². The van der Waals surface area contributed by atoms with Crippen molar-refractivity contribution in [3.05, 3.63) is 0 Å². The summed E-state index contributed by atoms with van der Waals surface area (Å²) in [4.78, 5) is 24.2. The van der Waals surface area contributed by atoms with Crippen LogP contribution in [0, 0.1) is 16.7 Å². The molecule has 0 aromatic heterocycles. The van der Waals surface area contributed by atoms with Gasteiger partial charge in [0.1, 0.15) is 17.7 Å². The van der Waals surface area contributed by atoms with Crippen LogP contribution in [0.3, 0.4) is 0 Å². The predicted molar refractivity (Wildman–Crippen MR) is 87.9 cm³/mol. The molecular formula is C18H31NO4. The molecule has 3 unspecified atom stereocenters. The van der Waals surface area contributed by atoms with Gasteiger partial charge in [-0.25, -0.2) is 9.59 Å². The topological polar surface area (TPSA) is 64.6 Å². The summed E-state index contributed by atoms with van der Waals surface area (Å²) in [5, 5.41) is 2.56. The smallest absolute Gasteiger partial charge is 0.408 e. The summed E-state index contributed by atoms with van der Waals surface area (Å²) >= 11 is 0. The summed E-state index contributed by atoms with van der Waals surface area (Å²) in [6.45, 7) is 13.6. The molecule has 0 spiro atoms. The first kappa shape index (κ1) is 18.1. The van der Waals surface area contributed by atoms with Crippen LogP contribution in [0.4, 0.5) is 4.79 Å². The van der Waals surface area contributed by atoms with Crippen LogP contribution in [0.2, 0.25) is 0 Å². The third-order valence-electron chi connectivity index (χ3n) is 5.46. The fourth-order valence-corrected chi connectivity index (χ4v) is 4.31. The van der Waals surface area contributed by atoms with E-state index in [2.05, 4.69) is 26.1 Å². The van der Waals surface area contributed by atoms with Crippen LogP contribution in [0.15, 0.2) is 0 Å². The average Bonchev–Trinajstić information content (AvgIpc) is 2.83. The largest absolute Gasteiger partial charge is 0.460 e. The molecule has 0 saturated heterocycles. The maximum absolute atomic E-state index is 12.4. The van der Waals surface area contributed by atoms with E-state index < -0.39 is 17.7 Å². The Bertz CT molecular complexity index is 489. The van der Waals surface area contributed by atoms with Crippen LogP contribution in [0.25, 0.3) is 0 Å². The highest BCUT2D eigenvalue weighted by molar-refractivity contribution is 5.81. The average molecular weight is 325 g/mol. The number of hydrogen-bond donors (Lipinski definition) is 1. The van der Waals surface area contributed by atoms with Gasteiger partial charge in [-0.15, -0.1) is 0 Å². The number of hydrogen-bond acceptors (Lipinski definition) is 4. The van der Waals surface area contributed by atoms with E-state index in [0.717, 1.165) is 12.8 Å². The first-order valence-corrected chi connectivity index (χ1v) is 8.55. The van der Waals surface area contributed by atoms with E-state index in [4.69, 9.17) is 9.47 Å². The summed E-state index contributed by atoms with van der Waals surface area (Å²) in [5.41, 5.74) is -0.530. The fourth-order valence-electron chi connectivity index (χ4n) is 4.31. The molecule has 2 aliphatic carbocycles. The number of carbonyl (C=O) groups excluding carboxylic acids is 2. The summed E-state index contributed by atoms with van der Waals surface area (Å²) < 4.78 is 11.0. The van der Waals surface area contributed by atoms with Crippen molar-refractivity contribution in [3.8, 4) is 0 Å². The van der Waals surface area contributed by atoms with Gasteiger partial charge in [-0.3, -0.25) is 0 Å². The molecule has 0 aliphatic heterocycles. The van der Waals surface area contributed by atoms with Crippen LogP contribution in [0.5, 0.6) is 0 Å². The lowest BCUT2D eigenvalue weighted by atomic mass is 9.70. The molecule has 1 N–H and O–H groups in total. The molecule has 0 aromatic rings. The number of rotatable bonds is 3. The van der Waals surface area contributed by atoms with Crippen LogP contribution in [-0.4, -0.2) is 29.8 Å². The van der Waals surface area contributed by atoms with Gasteiger partial charge in [0, 0.05) is 10.8 Å². The summed E-state index contributed by atoms with van der Waals surface area (Å²) in [5.74, 6) is 0.224. The van der Waals surface area contributed by atoms with Gasteiger partial charge in [-0.1, -0.05) is 20.8 Å². The van der Waals surface area contributed by atoms with Crippen molar-refractivity contribution in [2.75, 3.05) is 0 Å². The zero-order valence-electron chi connectivity index (χ0n) is 15.5. The van der Waals surface area contributed by atoms with Crippen LogP contribution < -0.4 is 5.32 Å². The van der Waals surface area contributed by atoms with Crippen molar-refractivity contribution in [2.24, 2.45) is 16.7 Å². The Morgan fingerprint density at radius 1 is 1.22 bits per heavy atom. The van der Waals surface area contributed by atoms with Crippen molar-refractivity contribution in [2.45, 2.75) is 85.5 Å². The third kappa shape index (κ3) is 3.64. The molecule has 4 atom stereocenters. The highest BCUT2D eigenvalue weighted by atomic mass is 16.6. The number of ether oxygens (including phenoxy) is 2. The van der Waals surface area contributed by atoms with Crippen molar-refractivity contribution in [3.63, 3.8) is 0 Å². The Kier molecular flexibility index (Phi) is 4.46. The molecule has 0 aromatic carbocycles. The molecule has 5 heteroatoms. The molecule has 0 radical (unpaired) electrons. The molecule has 2 aliphatic rings. The van der Waals surface area contributed by atoms with Gasteiger partial charge in [0.15, 0.2) is 0 Å². The minimum Gasteiger partial charge on any atom is -0.460 e. The van der Waals surface area contributed by atoms with Crippen molar-refractivity contribution in [1.82, 2.24) is 5.32 Å². The Morgan fingerprint density at radius 2 is 1.83 bits per heavy atom. The van der Waals surface area contributed by atoms with Crippen LogP contribution in [-0.2, 0) is 14.3 Å². The second-order valence-corrected chi connectivity index (χ2v) is 9.10. The minimum atomic E-state index is -0.719. The number of alkyl carbamates (subject to hydrolysis) is 1. The maximum atomic E-state index is 12.4. The van der Waals surface area contributed by atoms with Gasteiger partial charge in [-0.2, -0.15) is 0 Å². The Morgan fingerprint density at radius 3 is 2.30 bits per heavy atom. The molecular weight excluding hydrogens is 294 g/mol. The Balaban J connectivity index is 1.95. The van der Waals surface area contributed by atoms with Crippen LogP contribution >= 0.6 is 0 Å². The second kappa shape index (κ2) is 5.67. The maximum Gasteiger partial charge on any atom is 0.408 e. The van der Waals surface area contributed by atoms with Gasteiger partial charge in [-0.05, 0) is 52.9 Å². The van der Waals surface area contributed by atoms with Gasteiger partial charge in [0.05, 0.1) is 0 Å². The Labute approximate surface area is 139 Å². The lowest BCUT2D eigenvalue weighted by Crippen LogP contribution is -2.48. The molecule has 0 heterocycles. The Hall–Kier alpha value is -1.26. The van der Waals surface area contributed by atoms with Crippen LogP contribution in [0.1, 0.15) is 67.7 Å². The van der Waals surface area contributed by atoms with E-state index in [1.807, 2.05) is 0 Å². The molecule has 2 rings (SSSR count). The van der Waals surface area contributed by atoms with Crippen molar-refractivity contribution in [1.29, 1.82) is 0 Å². The molecule has 23 heavy (non-hydrogen) atoms.